The number of hydrogen-bond donors (Lipinski definition) is 6. The van der Waals surface area contributed by atoms with Gasteiger partial charge in [-0.2, -0.15) is 5.26 Å². The molecule has 13 heteroatoms. The number of halogens is 1. The normalized spacial score (nSPS) is 30.5. The summed E-state index contributed by atoms with van der Waals surface area (Å²) in [5.74, 6) is -7.60. The zero-order valence-electron chi connectivity index (χ0n) is 15.8. The number of aromatic amines is 1. The zero-order valence-corrected chi connectivity index (χ0v) is 15.8. The molecule has 1 aromatic heterocycles. The van der Waals surface area contributed by atoms with Crippen molar-refractivity contribution in [1.82, 2.24) is 14.6 Å². The average molecular weight is 438 g/mol. The molecule has 1 aromatic carbocycles. The Morgan fingerprint density at radius 2 is 1.90 bits per heavy atom. The molecule has 1 aliphatic rings. The van der Waals surface area contributed by atoms with Crippen molar-refractivity contribution in [3.8, 4) is 6.07 Å². The highest BCUT2D eigenvalue weighted by Crippen LogP contribution is 2.50. The molecular formula is C18H19FN4O8. The predicted molar refractivity (Wildman–Crippen MR) is 97.8 cm³/mol. The maximum Gasteiger partial charge on any atom is 0.332 e. The number of rotatable bonds is 6. The van der Waals surface area contributed by atoms with Gasteiger partial charge in [0.2, 0.25) is 0 Å². The van der Waals surface area contributed by atoms with Crippen LogP contribution in [-0.4, -0.2) is 71.1 Å². The van der Waals surface area contributed by atoms with Crippen molar-refractivity contribution in [3.63, 3.8) is 0 Å². The molecule has 1 fully saturated rings. The lowest BCUT2D eigenvalue weighted by Gasteiger charge is -2.43. The lowest BCUT2D eigenvalue weighted by atomic mass is 9.97. The van der Waals surface area contributed by atoms with Crippen LogP contribution in [0.5, 0.6) is 0 Å². The summed E-state index contributed by atoms with van der Waals surface area (Å²) in [5.41, 5.74) is -6.50. The van der Waals surface area contributed by atoms with E-state index in [1.54, 1.807) is 35.3 Å². The summed E-state index contributed by atoms with van der Waals surface area (Å²) >= 11 is 0. The SMILES string of the molecule is N#Cc1cn([C@]2(O)O[C@H](CO)[C@](O)(F)[C@]2(O)N(O)CCc2ccccc2)c(=O)[nH]c1=O. The first-order chi connectivity index (χ1) is 14.5. The molecule has 166 valence electrons. The largest absolute Gasteiger partial charge is 0.393 e. The first kappa shape index (κ1) is 22.7. The molecule has 31 heavy (non-hydrogen) atoms. The highest BCUT2D eigenvalue weighted by atomic mass is 19.2. The minimum atomic E-state index is -4.02. The molecule has 6 N–H and O–H groups in total. The maximum absolute atomic E-state index is 15.3. The minimum absolute atomic E-state index is 0.0143. The molecule has 0 saturated carbocycles. The third-order valence-electron chi connectivity index (χ3n) is 5.06. The standard InChI is InChI=1S/C18H19FN4O8/c19-16(27)13(10-24)31-18(29,22-9-12(8-20)14(25)21-15(22)26)17(16,28)23(30)7-6-11-4-2-1-3-5-11/h1-5,9,13,24,27-30H,6-7,10H2,(H,21,25,26)/t13-,16-,17-,18-/m1/s1. The van der Waals surface area contributed by atoms with E-state index in [0.29, 0.717) is 11.8 Å². The Morgan fingerprint density at radius 1 is 1.26 bits per heavy atom. The zero-order chi connectivity index (χ0) is 23.0. The quantitative estimate of drug-likeness (QED) is 0.211. The second kappa shape index (κ2) is 7.94. The first-order valence-electron chi connectivity index (χ1n) is 8.94. The Balaban J connectivity index is 2.12. The van der Waals surface area contributed by atoms with Crippen LogP contribution in [0.25, 0.3) is 0 Å². The van der Waals surface area contributed by atoms with Gasteiger partial charge in [0.15, 0.2) is 0 Å². The van der Waals surface area contributed by atoms with Gasteiger partial charge in [0.05, 0.1) is 6.61 Å². The number of ether oxygens (including phenoxy) is 1. The Kier molecular flexibility index (Phi) is 5.82. The molecule has 12 nitrogen and oxygen atoms in total. The molecule has 3 rings (SSSR count). The molecule has 0 spiro atoms. The van der Waals surface area contributed by atoms with E-state index in [1.165, 1.54) is 6.07 Å². The number of alkyl halides is 1. The molecule has 0 amide bonds. The predicted octanol–water partition coefficient (Wildman–Crippen LogP) is -2.32. The lowest BCUT2D eigenvalue weighted by molar-refractivity contribution is -0.433. The van der Waals surface area contributed by atoms with Gasteiger partial charge < -0.3 is 30.4 Å². The second-order valence-corrected chi connectivity index (χ2v) is 6.89. The highest BCUT2D eigenvalue weighted by Gasteiger charge is 2.79. The Labute approximate surface area is 173 Å². The summed E-state index contributed by atoms with van der Waals surface area (Å²) in [6.07, 6.45) is -1.90. The number of aliphatic hydroxyl groups excluding tert-OH is 1. The van der Waals surface area contributed by atoms with Crippen molar-refractivity contribution in [2.75, 3.05) is 13.2 Å². The monoisotopic (exact) mass is 438 g/mol. The molecule has 1 saturated heterocycles. The van der Waals surface area contributed by atoms with Crippen LogP contribution >= 0.6 is 0 Å². The maximum atomic E-state index is 15.3. The van der Waals surface area contributed by atoms with E-state index in [0.717, 1.165) is 0 Å². The Bertz CT molecular complexity index is 1110. The number of hydrogen-bond acceptors (Lipinski definition) is 10. The van der Waals surface area contributed by atoms with Gasteiger partial charge in [-0.15, -0.1) is 5.06 Å². The van der Waals surface area contributed by atoms with Gasteiger partial charge >= 0.3 is 11.6 Å². The smallest absolute Gasteiger partial charge is 0.332 e. The van der Waals surface area contributed by atoms with Gasteiger partial charge in [-0.25, -0.2) is 13.8 Å². The fraction of sp³-hybridized carbons (Fsp3) is 0.389. The van der Waals surface area contributed by atoms with E-state index >= 15 is 4.39 Å². The number of aromatic nitrogens is 2. The fourth-order valence-electron chi connectivity index (χ4n) is 3.36. The summed E-state index contributed by atoms with van der Waals surface area (Å²) in [7, 11) is 0. The lowest BCUT2D eigenvalue weighted by Crippen LogP contribution is -2.72. The fourth-order valence-corrected chi connectivity index (χ4v) is 3.36. The number of hydroxylamine groups is 2. The molecule has 4 atom stereocenters. The third-order valence-corrected chi connectivity index (χ3v) is 5.06. The van der Waals surface area contributed by atoms with Crippen LogP contribution in [-0.2, 0) is 17.1 Å². The van der Waals surface area contributed by atoms with Gasteiger partial charge in [0.25, 0.3) is 17.1 Å². The molecule has 2 heterocycles. The first-order valence-corrected chi connectivity index (χ1v) is 8.94. The van der Waals surface area contributed by atoms with Crippen LogP contribution in [0.2, 0.25) is 0 Å². The number of nitrogens with zero attached hydrogens (tertiary/aromatic N) is 3. The molecule has 0 unspecified atom stereocenters. The van der Waals surface area contributed by atoms with Crippen LogP contribution in [0.4, 0.5) is 4.39 Å². The average Bonchev–Trinajstić information content (AvgIpc) is 2.91. The third kappa shape index (κ3) is 3.36. The van der Waals surface area contributed by atoms with Crippen molar-refractivity contribution >= 4 is 0 Å². The summed E-state index contributed by atoms with van der Waals surface area (Å²) in [6.45, 7) is -1.87. The van der Waals surface area contributed by atoms with E-state index in [4.69, 9.17) is 10.00 Å². The van der Waals surface area contributed by atoms with Gasteiger partial charge in [0, 0.05) is 12.7 Å². The summed E-state index contributed by atoms with van der Waals surface area (Å²) in [6, 6.07) is 9.80. The van der Waals surface area contributed by atoms with E-state index in [-0.39, 0.29) is 16.1 Å². The van der Waals surface area contributed by atoms with Crippen molar-refractivity contribution in [2.45, 2.75) is 30.0 Å². The van der Waals surface area contributed by atoms with Crippen molar-refractivity contribution in [2.24, 2.45) is 0 Å². The van der Waals surface area contributed by atoms with Crippen LogP contribution in [0.1, 0.15) is 11.1 Å². The van der Waals surface area contributed by atoms with Gasteiger partial charge in [-0.05, 0) is 12.0 Å². The summed E-state index contributed by atoms with van der Waals surface area (Å²) in [4.78, 5) is 25.6. The highest BCUT2D eigenvalue weighted by molar-refractivity contribution is 5.23. The van der Waals surface area contributed by atoms with E-state index in [1.807, 2.05) is 0 Å². The van der Waals surface area contributed by atoms with Crippen LogP contribution in [0, 0.1) is 11.3 Å². The van der Waals surface area contributed by atoms with Crippen molar-refractivity contribution < 1.29 is 34.8 Å². The Morgan fingerprint density at radius 3 is 2.48 bits per heavy atom. The van der Waals surface area contributed by atoms with Gasteiger partial charge in [0.1, 0.15) is 17.7 Å². The second-order valence-electron chi connectivity index (χ2n) is 6.89. The van der Waals surface area contributed by atoms with Crippen LogP contribution in [0.3, 0.4) is 0 Å². The molecule has 0 aliphatic carbocycles. The summed E-state index contributed by atoms with van der Waals surface area (Å²) < 4.78 is 20.2. The van der Waals surface area contributed by atoms with Crippen LogP contribution in [0.15, 0.2) is 46.1 Å². The van der Waals surface area contributed by atoms with Gasteiger partial charge in [-0.1, -0.05) is 30.3 Å². The van der Waals surface area contributed by atoms with Crippen LogP contribution < -0.4 is 11.2 Å². The molecular weight excluding hydrogens is 419 g/mol. The van der Waals surface area contributed by atoms with Gasteiger partial charge in [-0.3, -0.25) is 9.78 Å². The number of nitrogens with one attached hydrogen (secondary N) is 1. The molecule has 0 radical (unpaired) electrons. The minimum Gasteiger partial charge on any atom is -0.393 e. The van der Waals surface area contributed by atoms with E-state index < -0.39 is 53.6 Å². The summed E-state index contributed by atoms with van der Waals surface area (Å²) in [5, 5.41) is 61.1. The molecule has 0 bridgehead atoms. The van der Waals surface area contributed by atoms with E-state index in [9.17, 15) is 35.2 Å². The number of aliphatic hydroxyl groups is 4. The van der Waals surface area contributed by atoms with Crippen molar-refractivity contribution in [1.29, 1.82) is 5.26 Å². The number of H-pyrrole nitrogens is 1. The molecule has 1 aliphatic heterocycles. The van der Waals surface area contributed by atoms with E-state index in [2.05, 4.69) is 0 Å². The number of benzene rings is 1. The molecule has 2 aromatic rings. The number of nitriles is 1. The Hall–Kier alpha value is -2.96. The van der Waals surface area contributed by atoms with Crippen molar-refractivity contribution in [3.05, 3.63) is 68.5 Å². The topological polar surface area (TPSA) is 192 Å².